The van der Waals surface area contributed by atoms with Crippen LogP contribution in [0.2, 0.25) is 0 Å². The van der Waals surface area contributed by atoms with Gasteiger partial charge in [-0.2, -0.15) is 0 Å². The second-order valence-corrected chi connectivity index (χ2v) is 7.54. The zero-order valence-corrected chi connectivity index (χ0v) is 15.6. The van der Waals surface area contributed by atoms with Gasteiger partial charge in [0.25, 0.3) is 5.69 Å². The lowest BCUT2D eigenvalue weighted by Gasteiger charge is -2.34. The van der Waals surface area contributed by atoms with Gasteiger partial charge >= 0.3 is 6.09 Å². The van der Waals surface area contributed by atoms with Gasteiger partial charge in [-0.15, -0.1) is 0 Å². The van der Waals surface area contributed by atoms with E-state index in [9.17, 15) is 14.9 Å². The second-order valence-electron chi connectivity index (χ2n) is 7.54. The fraction of sp³-hybridized carbons (Fsp3) is 0.667. The van der Waals surface area contributed by atoms with E-state index < -0.39 is 10.5 Å². The number of pyridine rings is 1. The normalized spacial score (nSPS) is 17.7. The molecule has 0 aromatic carbocycles. The quantitative estimate of drug-likeness (QED) is 0.432. The predicted molar refractivity (Wildman–Crippen MR) is 96.2 cm³/mol. The van der Waals surface area contributed by atoms with E-state index in [4.69, 9.17) is 9.47 Å². The highest BCUT2D eigenvalue weighted by atomic mass is 16.6. The van der Waals surface area contributed by atoms with Crippen molar-refractivity contribution in [1.82, 2.24) is 9.88 Å². The highest BCUT2D eigenvalue weighted by molar-refractivity contribution is 5.68. The number of hydrogen-bond acceptors (Lipinski definition) is 6. The highest BCUT2D eigenvalue weighted by Crippen LogP contribution is 2.23. The Kier molecular flexibility index (Phi) is 6.76. The fourth-order valence-corrected chi connectivity index (χ4v) is 2.91. The van der Waals surface area contributed by atoms with Crippen LogP contribution >= 0.6 is 0 Å². The summed E-state index contributed by atoms with van der Waals surface area (Å²) in [4.78, 5) is 28.0. The summed E-state index contributed by atoms with van der Waals surface area (Å²) in [6.07, 6.45) is 4.81. The minimum atomic E-state index is -0.490. The molecule has 2 heterocycles. The van der Waals surface area contributed by atoms with Gasteiger partial charge in [-0.1, -0.05) is 0 Å². The Morgan fingerprint density at radius 2 is 2.19 bits per heavy atom. The number of likely N-dealkylation sites (tertiary alicyclic amines) is 1. The monoisotopic (exact) mass is 365 g/mol. The molecule has 0 aliphatic carbocycles. The zero-order valence-electron chi connectivity index (χ0n) is 15.6. The number of hydrogen-bond donors (Lipinski definition) is 0. The Bertz CT molecular complexity index is 612. The lowest BCUT2D eigenvalue weighted by Crippen LogP contribution is -2.42. The van der Waals surface area contributed by atoms with Crippen LogP contribution in [0, 0.1) is 16.0 Å². The maximum absolute atomic E-state index is 12.2. The molecule has 0 saturated carbocycles. The van der Waals surface area contributed by atoms with Crippen LogP contribution in [0.3, 0.4) is 0 Å². The lowest BCUT2D eigenvalue weighted by molar-refractivity contribution is -0.385. The summed E-state index contributed by atoms with van der Waals surface area (Å²) in [6.45, 7) is 7.56. The number of carbonyl (C=O) groups excluding carboxylic acids is 1. The smallest absolute Gasteiger partial charge is 0.410 e. The maximum atomic E-state index is 12.2. The minimum Gasteiger partial charge on any atom is -0.478 e. The Morgan fingerprint density at radius 1 is 1.42 bits per heavy atom. The van der Waals surface area contributed by atoms with Gasteiger partial charge in [0.05, 0.1) is 11.5 Å². The number of piperidine rings is 1. The first kappa shape index (κ1) is 19.9. The molecule has 26 heavy (non-hydrogen) atoms. The molecule has 0 N–H and O–H groups in total. The van der Waals surface area contributed by atoms with Gasteiger partial charge in [0, 0.05) is 25.2 Å². The Morgan fingerprint density at radius 3 is 2.81 bits per heavy atom. The Balaban J connectivity index is 1.70. The molecule has 144 valence electrons. The van der Waals surface area contributed by atoms with E-state index in [0.29, 0.717) is 24.9 Å². The summed E-state index contributed by atoms with van der Waals surface area (Å²) in [5.74, 6) is 0.819. The van der Waals surface area contributed by atoms with Crippen molar-refractivity contribution >= 4 is 11.8 Å². The number of rotatable bonds is 6. The van der Waals surface area contributed by atoms with Gasteiger partial charge in [0.1, 0.15) is 11.8 Å². The van der Waals surface area contributed by atoms with Gasteiger partial charge < -0.3 is 14.4 Å². The third-order valence-electron chi connectivity index (χ3n) is 4.11. The van der Waals surface area contributed by atoms with Gasteiger partial charge in [-0.25, -0.2) is 9.78 Å². The lowest BCUT2D eigenvalue weighted by atomic mass is 9.94. The largest absolute Gasteiger partial charge is 0.478 e. The van der Waals surface area contributed by atoms with Crippen molar-refractivity contribution < 1.29 is 19.2 Å². The zero-order chi connectivity index (χ0) is 19.2. The van der Waals surface area contributed by atoms with Crippen molar-refractivity contribution in [2.45, 2.75) is 52.1 Å². The summed E-state index contributed by atoms with van der Waals surface area (Å²) in [6, 6.07) is 2.88. The Hall–Kier alpha value is -2.38. The SMILES string of the molecule is CC(C)(C)OC(=O)N1CCCC(CCCOc2ccc([N+](=O)[O-])cn2)C1. The average Bonchev–Trinajstić information content (AvgIpc) is 2.58. The molecule has 0 radical (unpaired) electrons. The topological polar surface area (TPSA) is 94.8 Å². The van der Waals surface area contributed by atoms with E-state index in [1.54, 1.807) is 4.90 Å². The molecule has 1 amide bonds. The van der Waals surface area contributed by atoms with Crippen LogP contribution in [0.25, 0.3) is 0 Å². The number of nitrogens with zero attached hydrogens (tertiary/aromatic N) is 3. The van der Waals surface area contributed by atoms with E-state index in [1.807, 2.05) is 20.8 Å². The Labute approximate surface area is 153 Å². The molecular weight excluding hydrogens is 338 g/mol. The van der Waals surface area contributed by atoms with Crippen LogP contribution < -0.4 is 4.74 Å². The molecule has 1 saturated heterocycles. The van der Waals surface area contributed by atoms with Crippen LogP contribution in [0.1, 0.15) is 46.5 Å². The van der Waals surface area contributed by atoms with Crippen molar-refractivity contribution in [2.75, 3.05) is 19.7 Å². The molecule has 1 aliphatic rings. The first-order valence-corrected chi connectivity index (χ1v) is 8.96. The van der Waals surface area contributed by atoms with Crippen LogP contribution in [0.4, 0.5) is 10.5 Å². The first-order valence-electron chi connectivity index (χ1n) is 8.96. The first-order chi connectivity index (χ1) is 12.2. The van der Waals surface area contributed by atoms with E-state index in [0.717, 1.165) is 32.2 Å². The van der Waals surface area contributed by atoms with E-state index in [1.165, 1.54) is 18.3 Å². The van der Waals surface area contributed by atoms with Crippen molar-refractivity contribution in [3.05, 3.63) is 28.4 Å². The van der Waals surface area contributed by atoms with Gasteiger partial charge in [-0.3, -0.25) is 10.1 Å². The van der Waals surface area contributed by atoms with Crippen molar-refractivity contribution in [2.24, 2.45) is 5.92 Å². The number of amides is 1. The number of ether oxygens (including phenoxy) is 2. The van der Waals surface area contributed by atoms with Crippen molar-refractivity contribution in [3.8, 4) is 5.88 Å². The molecule has 8 nitrogen and oxygen atoms in total. The molecule has 0 bridgehead atoms. The molecule has 2 rings (SSSR count). The molecule has 1 aromatic heterocycles. The fourth-order valence-electron chi connectivity index (χ4n) is 2.91. The molecule has 0 spiro atoms. The molecular formula is C18H27N3O5. The van der Waals surface area contributed by atoms with E-state index >= 15 is 0 Å². The third-order valence-corrected chi connectivity index (χ3v) is 4.11. The summed E-state index contributed by atoms with van der Waals surface area (Å²) in [7, 11) is 0. The van der Waals surface area contributed by atoms with Gasteiger partial charge in [-0.05, 0) is 52.4 Å². The molecule has 1 atom stereocenters. The average molecular weight is 365 g/mol. The van der Waals surface area contributed by atoms with Gasteiger partial charge in [0.15, 0.2) is 0 Å². The van der Waals surface area contributed by atoms with Crippen molar-refractivity contribution in [3.63, 3.8) is 0 Å². The molecule has 1 fully saturated rings. The van der Waals surface area contributed by atoms with Crippen molar-refractivity contribution in [1.29, 1.82) is 0 Å². The van der Waals surface area contributed by atoms with Crippen LogP contribution in [0.5, 0.6) is 5.88 Å². The van der Waals surface area contributed by atoms with Crippen LogP contribution in [-0.4, -0.2) is 46.2 Å². The molecule has 1 aromatic rings. The van der Waals surface area contributed by atoms with E-state index in [-0.39, 0.29) is 11.8 Å². The van der Waals surface area contributed by atoms with Gasteiger partial charge in [0.2, 0.25) is 5.88 Å². The second kappa shape index (κ2) is 8.82. The molecule has 8 heteroatoms. The summed E-state index contributed by atoms with van der Waals surface area (Å²) < 4.78 is 11.0. The van der Waals surface area contributed by atoms with Crippen LogP contribution in [0.15, 0.2) is 18.3 Å². The number of aromatic nitrogens is 1. The number of nitro groups is 1. The maximum Gasteiger partial charge on any atom is 0.410 e. The summed E-state index contributed by atoms with van der Waals surface area (Å²) in [5, 5.41) is 10.6. The highest BCUT2D eigenvalue weighted by Gasteiger charge is 2.27. The molecule has 1 unspecified atom stereocenters. The summed E-state index contributed by atoms with van der Waals surface area (Å²) in [5.41, 5.74) is -0.530. The molecule has 1 aliphatic heterocycles. The predicted octanol–water partition coefficient (Wildman–Crippen LogP) is 3.80. The van der Waals surface area contributed by atoms with Crippen LogP contribution in [-0.2, 0) is 4.74 Å². The van der Waals surface area contributed by atoms with E-state index in [2.05, 4.69) is 4.98 Å². The summed E-state index contributed by atoms with van der Waals surface area (Å²) >= 11 is 0. The minimum absolute atomic E-state index is 0.0539. The number of carbonyl (C=O) groups is 1. The standard InChI is InChI=1S/C18H27N3O5/c1-18(2,3)26-17(22)20-10-4-6-14(13-20)7-5-11-25-16-9-8-15(12-19-16)21(23)24/h8-9,12,14H,4-7,10-11,13H2,1-3H3. The third kappa shape index (κ3) is 6.50.